The number of benzene rings is 1. The molecule has 90 valence electrons. The van der Waals surface area contributed by atoms with E-state index in [2.05, 4.69) is 21.4 Å². The maximum Gasteiger partial charge on any atom is 0.426 e. The van der Waals surface area contributed by atoms with Crippen LogP contribution in [0.3, 0.4) is 0 Å². The Bertz CT molecular complexity index is 463. The maximum absolute atomic E-state index is 10.9. The summed E-state index contributed by atoms with van der Waals surface area (Å²) < 4.78 is 0.961. The maximum atomic E-state index is 10.9. The monoisotopic (exact) mass is 316 g/mol. The van der Waals surface area contributed by atoms with Crippen LogP contribution in [0.1, 0.15) is 5.56 Å². The Kier molecular flexibility index (Phi) is 3.42. The summed E-state index contributed by atoms with van der Waals surface area (Å²) in [4.78, 5) is 10.9. The van der Waals surface area contributed by atoms with E-state index in [0.29, 0.717) is 0 Å². The molecule has 1 unspecified atom stereocenters. The summed E-state index contributed by atoms with van der Waals surface area (Å²) in [5.74, 6) is 0.245. The highest BCUT2D eigenvalue weighted by Crippen LogP contribution is 2.30. The lowest BCUT2D eigenvalue weighted by Gasteiger charge is -2.28. The number of carbonyl (C=O) groups is 1. The van der Waals surface area contributed by atoms with Crippen molar-refractivity contribution in [3.8, 4) is 0 Å². The lowest BCUT2D eigenvalue weighted by molar-refractivity contribution is 0.138. The highest BCUT2D eigenvalue weighted by molar-refractivity contribution is 9.10. The molecule has 1 aromatic carbocycles. The topological polar surface area (TPSA) is 52.6 Å². The lowest BCUT2D eigenvalue weighted by atomic mass is 9.93. The van der Waals surface area contributed by atoms with Gasteiger partial charge in [0, 0.05) is 10.7 Å². The average Bonchev–Trinajstić information content (AvgIpc) is 2.76. The third kappa shape index (κ3) is 2.31. The van der Waals surface area contributed by atoms with E-state index in [1.54, 1.807) is 6.08 Å². The van der Waals surface area contributed by atoms with Gasteiger partial charge in [0.15, 0.2) is 0 Å². The van der Waals surface area contributed by atoms with E-state index in [-0.39, 0.29) is 5.88 Å². The second-order valence-electron chi connectivity index (χ2n) is 3.69. The molecule has 1 amide bonds. The van der Waals surface area contributed by atoms with Crippen LogP contribution in [0.4, 0.5) is 4.79 Å². The molecular weight excluding hydrogens is 307 g/mol. The molecule has 0 aliphatic carbocycles. The predicted molar refractivity (Wildman–Crippen MR) is 68.7 cm³/mol. The van der Waals surface area contributed by atoms with Crippen molar-refractivity contribution in [2.45, 2.75) is 5.54 Å². The molecule has 0 radical (unpaired) electrons. The summed E-state index contributed by atoms with van der Waals surface area (Å²) >= 11 is 9.32. The fourth-order valence-electron chi connectivity index (χ4n) is 1.66. The molecule has 2 N–H and O–H groups in total. The molecule has 0 fully saturated rings. The summed E-state index contributed by atoms with van der Waals surface area (Å²) in [5.41, 5.74) is 3.11. The van der Waals surface area contributed by atoms with Crippen molar-refractivity contribution in [3.05, 3.63) is 46.6 Å². The summed E-state index contributed by atoms with van der Waals surface area (Å²) in [7, 11) is 0. The molecule has 1 atom stereocenters. The quantitative estimate of drug-likeness (QED) is 0.825. The van der Waals surface area contributed by atoms with Crippen LogP contribution in [-0.2, 0) is 5.54 Å². The molecular formula is C11H10BrClN2O2. The summed E-state index contributed by atoms with van der Waals surface area (Å²) in [6.07, 6.45) is 2.15. The van der Waals surface area contributed by atoms with Gasteiger partial charge in [-0.15, -0.1) is 11.6 Å². The van der Waals surface area contributed by atoms with Gasteiger partial charge in [0.25, 0.3) is 0 Å². The number of hydrogen-bond acceptors (Lipinski definition) is 2. The minimum absolute atomic E-state index is 0.245. The molecule has 0 saturated heterocycles. The minimum Gasteiger partial charge on any atom is -0.464 e. The zero-order valence-corrected chi connectivity index (χ0v) is 11.1. The number of nitrogens with zero attached hydrogens (tertiary/aromatic N) is 1. The van der Waals surface area contributed by atoms with Crippen molar-refractivity contribution in [3.63, 3.8) is 0 Å². The van der Waals surface area contributed by atoms with Crippen LogP contribution >= 0.6 is 27.5 Å². The predicted octanol–water partition coefficient (Wildman–Crippen LogP) is 2.90. The normalized spacial score (nSPS) is 23.1. The first-order chi connectivity index (χ1) is 8.07. The van der Waals surface area contributed by atoms with E-state index in [4.69, 9.17) is 16.7 Å². The Balaban J connectivity index is 2.31. The second-order valence-corrected chi connectivity index (χ2v) is 4.87. The SMILES string of the molecule is O=C(O)N1C=CC(CCl)(c2ccc(Br)cc2)N1. The Labute approximate surface area is 112 Å². The van der Waals surface area contributed by atoms with Crippen molar-refractivity contribution in [2.75, 3.05) is 5.88 Å². The molecule has 1 aliphatic heterocycles. The van der Waals surface area contributed by atoms with Gasteiger partial charge in [0.2, 0.25) is 0 Å². The number of nitrogens with one attached hydrogen (secondary N) is 1. The number of carboxylic acid groups (broad SMARTS) is 1. The van der Waals surface area contributed by atoms with Gasteiger partial charge in [-0.05, 0) is 23.8 Å². The molecule has 1 heterocycles. The molecule has 1 aromatic rings. The van der Waals surface area contributed by atoms with E-state index in [9.17, 15) is 4.79 Å². The molecule has 6 heteroatoms. The molecule has 0 saturated carbocycles. The first kappa shape index (κ1) is 12.4. The molecule has 0 aromatic heterocycles. The van der Waals surface area contributed by atoms with Gasteiger partial charge in [-0.1, -0.05) is 28.1 Å². The van der Waals surface area contributed by atoms with E-state index < -0.39 is 11.6 Å². The van der Waals surface area contributed by atoms with Crippen LogP contribution in [-0.4, -0.2) is 22.1 Å². The molecule has 0 spiro atoms. The van der Waals surface area contributed by atoms with Gasteiger partial charge in [-0.25, -0.2) is 15.2 Å². The van der Waals surface area contributed by atoms with Crippen LogP contribution in [0.25, 0.3) is 0 Å². The number of rotatable bonds is 2. The van der Waals surface area contributed by atoms with Gasteiger partial charge in [-0.2, -0.15) is 0 Å². The Morgan fingerprint density at radius 3 is 2.59 bits per heavy atom. The van der Waals surface area contributed by atoms with Gasteiger partial charge < -0.3 is 5.11 Å². The van der Waals surface area contributed by atoms with Crippen LogP contribution in [0.5, 0.6) is 0 Å². The zero-order valence-electron chi connectivity index (χ0n) is 8.73. The molecule has 1 aliphatic rings. The summed E-state index contributed by atoms with van der Waals surface area (Å²) in [6, 6.07) is 7.58. The van der Waals surface area contributed by atoms with E-state index in [0.717, 1.165) is 15.0 Å². The zero-order chi connectivity index (χ0) is 12.5. The first-order valence-corrected chi connectivity index (χ1v) is 6.21. The van der Waals surface area contributed by atoms with Gasteiger partial charge in [-0.3, -0.25) is 0 Å². The lowest BCUT2D eigenvalue weighted by Crippen LogP contribution is -2.47. The highest BCUT2D eigenvalue weighted by atomic mass is 79.9. The van der Waals surface area contributed by atoms with Crippen molar-refractivity contribution in [1.82, 2.24) is 10.4 Å². The van der Waals surface area contributed by atoms with Crippen LogP contribution in [0, 0.1) is 0 Å². The molecule has 4 nitrogen and oxygen atoms in total. The fraction of sp³-hybridized carbons (Fsp3) is 0.182. The smallest absolute Gasteiger partial charge is 0.426 e. The standard InChI is InChI=1S/C11H10BrClN2O2/c12-9-3-1-8(2-4-9)11(7-13)5-6-15(14-11)10(16)17/h1-6,14H,7H2,(H,16,17). The average molecular weight is 318 g/mol. The van der Waals surface area contributed by atoms with Gasteiger partial charge >= 0.3 is 6.09 Å². The third-order valence-electron chi connectivity index (χ3n) is 2.60. The van der Waals surface area contributed by atoms with E-state index in [1.807, 2.05) is 24.3 Å². The largest absolute Gasteiger partial charge is 0.464 e. The van der Waals surface area contributed by atoms with E-state index >= 15 is 0 Å². The number of alkyl halides is 1. The Hall–Kier alpha value is -1.04. The number of halogens is 2. The highest BCUT2D eigenvalue weighted by Gasteiger charge is 2.36. The molecule has 17 heavy (non-hydrogen) atoms. The minimum atomic E-state index is -1.06. The summed E-state index contributed by atoms with van der Waals surface area (Å²) in [5, 5.41) is 9.90. The number of amides is 1. The third-order valence-corrected chi connectivity index (χ3v) is 3.55. The van der Waals surface area contributed by atoms with Crippen LogP contribution in [0.2, 0.25) is 0 Å². The Morgan fingerprint density at radius 2 is 2.12 bits per heavy atom. The second kappa shape index (κ2) is 4.68. The van der Waals surface area contributed by atoms with Gasteiger partial charge in [0.05, 0.1) is 11.4 Å². The number of hydrogen-bond donors (Lipinski definition) is 2. The Morgan fingerprint density at radius 1 is 1.47 bits per heavy atom. The van der Waals surface area contributed by atoms with Gasteiger partial charge in [0.1, 0.15) is 0 Å². The van der Waals surface area contributed by atoms with Crippen molar-refractivity contribution in [1.29, 1.82) is 0 Å². The summed E-state index contributed by atoms with van der Waals surface area (Å²) in [6.45, 7) is 0. The first-order valence-electron chi connectivity index (χ1n) is 4.89. The molecule has 2 rings (SSSR count). The van der Waals surface area contributed by atoms with Crippen molar-refractivity contribution < 1.29 is 9.90 Å². The van der Waals surface area contributed by atoms with Crippen LogP contribution in [0.15, 0.2) is 41.0 Å². The molecule has 0 bridgehead atoms. The van der Waals surface area contributed by atoms with Crippen LogP contribution < -0.4 is 5.43 Å². The van der Waals surface area contributed by atoms with Crippen molar-refractivity contribution >= 4 is 33.6 Å². The fourth-order valence-corrected chi connectivity index (χ4v) is 2.23. The number of hydrazine groups is 1. The van der Waals surface area contributed by atoms with Crippen molar-refractivity contribution in [2.24, 2.45) is 0 Å². The van der Waals surface area contributed by atoms with E-state index in [1.165, 1.54) is 6.20 Å².